The largest absolute Gasteiger partial charge is 0.352 e. The standard InChI is InChI=1S/C17H20N2O.ClH/c20-17(19-16-9-10-18-12-16)8-6-13-5-7-14-3-1-2-4-15(14)11-13;/h1-5,7,11,16,18H,6,8-10,12H2,(H,19,20);1H. The van der Waals surface area contributed by atoms with Crippen molar-refractivity contribution >= 4 is 29.1 Å². The Balaban J connectivity index is 0.00000161. The maximum atomic E-state index is 11.9. The van der Waals surface area contributed by atoms with Crippen LogP contribution in [0.1, 0.15) is 18.4 Å². The van der Waals surface area contributed by atoms with E-state index >= 15 is 0 Å². The van der Waals surface area contributed by atoms with Crippen molar-refractivity contribution < 1.29 is 4.79 Å². The summed E-state index contributed by atoms with van der Waals surface area (Å²) in [5, 5.41) is 8.83. The number of halogens is 1. The number of amides is 1. The lowest BCUT2D eigenvalue weighted by molar-refractivity contribution is -0.121. The number of hydrogen-bond donors (Lipinski definition) is 2. The highest BCUT2D eigenvalue weighted by Gasteiger charge is 2.16. The number of rotatable bonds is 4. The Kier molecular flexibility index (Phi) is 5.59. The van der Waals surface area contributed by atoms with Crippen molar-refractivity contribution in [3.05, 3.63) is 48.0 Å². The van der Waals surface area contributed by atoms with Crippen molar-refractivity contribution in [2.75, 3.05) is 13.1 Å². The lowest BCUT2D eigenvalue weighted by atomic mass is 10.0. The van der Waals surface area contributed by atoms with Crippen LogP contribution < -0.4 is 10.6 Å². The van der Waals surface area contributed by atoms with Gasteiger partial charge in [0.1, 0.15) is 0 Å². The number of carbonyl (C=O) groups excluding carboxylic acids is 1. The molecule has 2 aromatic rings. The Morgan fingerprint density at radius 3 is 2.76 bits per heavy atom. The molecule has 1 aliphatic heterocycles. The van der Waals surface area contributed by atoms with Crippen LogP contribution in [0, 0.1) is 0 Å². The van der Waals surface area contributed by atoms with E-state index in [0.717, 1.165) is 25.9 Å². The van der Waals surface area contributed by atoms with Gasteiger partial charge in [0, 0.05) is 19.0 Å². The maximum absolute atomic E-state index is 11.9. The third kappa shape index (κ3) is 4.19. The van der Waals surface area contributed by atoms with Crippen LogP contribution in [0.3, 0.4) is 0 Å². The molecule has 1 aliphatic rings. The molecule has 0 aromatic heterocycles. The Morgan fingerprint density at radius 1 is 1.19 bits per heavy atom. The predicted octanol–water partition coefficient (Wildman–Crippen LogP) is 2.67. The van der Waals surface area contributed by atoms with Crippen molar-refractivity contribution in [2.24, 2.45) is 0 Å². The molecule has 1 saturated heterocycles. The molecular weight excluding hydrogens is 284 g/mol. The molecule has 1 unspecified atom stereocenters. The molecule has 2 N–H and O–H groups in total. The molecule has 0 aliphatic carbocycles. The minimum Gasteiger partial charge on any atom is -0.352 e. The van der Waals surface area contributed by atoms with Crippen LogP contribution in [0.2, 0.25) is 0 Å². The molecule has 2 aromatic carbocycles. The smallest absolute Gasteiger partial charge is 0.220 e. The summed E-state index contributed by atoms with van der Waals surface area (Å²) in [6.45, 7) is 1.91. The molecule has 21 heavy (non-hydrogen) atoms. The Hall–Kier alpha value is -1.58. The third-order valence-electron chi connectivity index (χ3n) is 3.88. The highest BCUT2D eigenvalue weighted by Crippen LogP contribution is 2.16. The Labute approximate surface area is 131 Å². The zero-order chi connectivity index (χ0) is 13.8. The van der Waals surface area contributed by atoms with E-state index in [4.69, 9.17) is 0 Å². The van der Waals surface area contributed by atoms with Gasteiger partial charge in [0.2, 0.25) is 5.91 Å². The minimum absolute atomic E-state index is 0. The van der Waals surface area contributed by atoms with Gasteiger partial charge in [-0.05, 0) is 35.7 Å². The molecule has 0 saturated carbocycles. The number of fused-ring (bicyclic) bond motifs is 1. The number of hydrogen-bond acceptors (Lipinski definition) is 2. The summed E-state index contributed by atoms with van der Waals surface area (Å²) in [7, 11) is 0. The fourth-order valence-electron chi connectivity index (χ4n) is 2.73. The van der Waals surface area contributed by atoms with Crippen molar-refractivity contribution in [3.8, 4) is 0 Å². The average molecular weight is 305 g/mol. The van der Waals surface area contributed by atoms with Crippen LogP contribution in [0.25, 0.3) is 10.8 Å². The van der Waals surface area contributed by atoms with E-state index in [1.165, 1.54) is 16.3 Å². The van der Waals surface area contributed by atoms with E-state index in [9.17, 15) is 4.79 Å². The van der Waals surface area contributed by atoms with E-state index in [2.05, 4.69) is 41.0 Å². The van der Waals surface area contributed by atoms with Gasteiger partial charge in [-0.25, -0.2) is 0 Å². The van der Waals surface area contributed by atoms with Gasteiger partial charge in [-0.15, -0.1) is 12.4 Å². The van der Waals surface area contributed by atoms with Gasteiger partial charge < -0.3 is 10.6 Å². The van der Waals surface area contributed by atoms with Gasteiger partial charge in [-0.2, -0.15) is 0 Å². The lowest BCUT2D eigenvalue weighted by Gasteiger charge is -2.11. The van der Waals surface area contributed by atoms with Gasteiger partial charge in [0.05, 0.1) is 0 Å². The summed E-state index contributed by atoms with van der Waals surface area (Å²) in [5.74, 6) is 0.159. The van der Waals surface area contributed by atoms with Crippen molar-refractivity contribution in [1.82, 2.24) is 10.6 Å². The first kappa shape index (κ1) is 15.8. The molecule has 3 nitrogen and oxygen atoms in total. The predicted molar refractivity (Wildman–Crippen MR) is 88.9 cm³/mol. The summed E-state index contributed by atoms with van der Waals surface area (Å²) in [6, 6.07) is 15.1. The van der Waals surface area contributed by atoms with Gasteiger partial charge in [0.25, 0.3) is 0 Å². The molecule has 3 rings (SSSR count). The summed E-state index contributed by atoms with van der Waals surface area (Å²) in [4.78, 5) is 11.9. The van der Waals surface area contributed by atoms with Crippen LogP contribution in [-0.2, 0) is 11.2 Å². The zero-order valence-electron chi connectivity index (χ0n) is 12.0. The number of benzene rings is 2. The van der Waals surface area contributed by atoms with Crippen molar-refractivity contribution in [3.63, 3.8) is 0 Å². The van der Waals surface area contributed by atoms with Crippen molar-refractivity contribution in [2.45, 2.75) is 25.3 Å². The average Bonchev–Trinajstić information content (AvgIpc) is 2.98. The quantitative estimate of drug-likeness (QED) is 0.912. The number of aryl methyl sites for hydroxylation is 1. The van der Waals surface area contributed by atoms with Gasteiger partial charge in [-0.3, -0.25) is 4.79 Å². The highest BCUT2D eigenvalue weighted by molar-refractivity contribution is 5.85. The molecule has 112 valence electrons. The molecule has 1 amide bonds. The SMILES string of the molecule is Cl.O=C(CCc1ccc2ccccc2c1)NC1CCNC1. The van der Waals surface area contributed by atoms with Gasteiger partial charge in [0.15, 0.2) is 0 Å². The normalized spacial score (nSPS) is 17.4. The fraction of sp³-hybridized carbons (Fsp3) is 0.353. The van der Waals surface area contributed by atoms with Crippen LogP contribution in [-0.4, -0.2) is 25.0 Å². The first-order chi connectivity index (χ1) is 9.81. The van der Waals surface area contributed by atoms with E-state index in [-0.39, 0.29) is 18.3 Å². The topological polar surface area (TPSA) is 41.1 Å². The Morgan fingerprint density at radius 2 is 2.00 bits per heavy atom. The molecule has 0 spiro atoms. The van der Waals surface area contributed by atoms with Crippen LogP contribution >= 0.6 is 12.4 Å². The van der Waals surface area contributed by atoms with Crippen LogP contribution in [0.5, 0.6) is 0 Å². The van der Waals surface area contributed by atoms with E-state index in [1.807, 2.05) is 12.1 Å². The number of carbonyl (C=O) groups is 1. The van der Waals surface area contributed by atoms with Crippen molar-refractivity contribution in [1.29, 1.82) is 0 Å². The molecule has 4 heteroatoms. The molecule has 1 atom stereocenters. The van der Waals surface area contributed by atoms with Crippen LogP contribution in [0.4, 0.5) is 0 Å². The van der Waals surface area contributed by atoms with Gasteiger partial charge >= 0.3 is 0 Å². The second-order valence-corrected chi connectivity index (χ2v) is 5.44. The molecule has 0 bridgehead atoms. The van der Waals surface area contributed by atoms with E-state index in [0.29, 0.717) is 12.5 Å². The summed E-state index contributed by atoms with van der Waals surface area (Å²) in [5.41, 5.74) is 1.23. The molecule has 1 fully saturated rings. The summed E-state index contributed by atoms with van der Waals surface area (Å²) in [6.07, 6.45) is 2.41. The molecule has 0 radical (unpaired) electrons. The minimum atomic E-state index is 0. The number of nitrogens with one attached hydrogen (secondary N) is 2. The van der Waals surface area contributed by atoms with Gasteiger partial charge in [-0.1, -0.05) is 42.5 Å². The summed E-state index contributed by atoms with van der Waals surface area (Å²) < 4.78 is 0. The van der Waals surface area contributed by atoms with E-state index in [1.54, 1.807) is 0 Å². The van der Waals surface area contributed by atoms with E-state index < -0.39 is 0 Å². The molecule has 1 heterocycles. The fourth-order valence-corrected chi connectivity index (χ4v) is 2.73. The van der Waals surface area contributed by atoms with Crippen LogP contribution in [0.15, 0.2) is 42.5 Å². The second kappa shape index (κ2) is 7.43. The Bertz CT molecular complexity index is 609. The maximum Gasteiger partial charge on any atom is 0.220 e. The summed E-state index contributed by atoms with van der Waals surface area (Å²) >= 11 is 0. The molecular formula is C17H21ClN2O. The monoisotopic (exact) mass is 304 g/mol. The highest BCUT2D eigenvalue weighted by atomic mass is 35.5. The lowest BCUT2D eigenvalue weighted by Crippen LogP contribution is -2.36. The first-order valence-corrected chi connectivity index (χ1v) is 7.29. The second-order valence-electron chi connectivity index (χ2n) is 5.44. The third-order valence-corrected chi connectivity index (χ3v) is 3.88. The first-order valence-electron chi connectivity index (χ1n) is 7.29. The zero-order valence-corrected chi connectivity index (χ0v) is 12.8.